The molecule has 5 aromatic carbocycles. The predicted molar refractivity (Wildman–Crippen MR) is 210 cm³/mol. The van der Waals surface area contributed by atoms with Crippen LogP contribution in [-0.2, 0) is 6.42 Å². The van der Waals surface area contributed by atoms with E-state index in [0.29, 0.717) is 0 Å². The van der Waals surface area contributed by atoms with Gasteiger partial charge < -0.3 is 9.80 Å². The number of allylic oxidation sites excluding steroid dienone is 6. The topological polar surface area (TPSA) is 6.48 Å². The third-order valence-corrected chi connectivity index (χ3v) is 8.79. The van der Waals surface area contributed by atoms with E-state index in [0.717, 1.165) is 53.4 Å². The summed E-state index contributed by atoms with van der Waals surface area (Å²) in [7, 11) is 0. The number of hydrogen-bond donors (Lipinski definition) is 0. The molecule has 1 aliphatic carbocycles. The van der Waals surface area contributed by atoms with Gasteiger partial charge in [0.1, 0.15) is 0 Å². The summed E-state index contributed by atoms with van der Waals surface area (Å²) in [6, 6.07) is 41.5. The second kappa shape index (κ2) is 15.3. The van der Waals surface area contributed by atoms with E-state index in [1.165, 1.54) is 33.4 Å². The Bertz CT molecular complexity index is 1970. The zero-order valence-electron chi connectivity index (χ0n) is 28.3. The molecule has 0 amide bonds. The van der Waals surface area contributed by atoms with E-state index in [2.05, 4.69) is 201 Å². The molecule has 5 aromatic rings. The maximum atomic E-state index is 4.52. The van der Waals surface area contributed by atoms with Gasteiger partial charge in [0, 0.05) is 33.9 Å². The minimum Gasteiger partial charge on any atom is -0.310 e. The molecule has 0 bridgehead atoms. The molecule has 0 radical (unpaired) electrons. The average Bonchev–Trinajstić information content (AvgIpc) is 3.38. The van der Waals surface area contributed by atoms with Crippen molar-refractivity contribution in [3.63, 3.8) is 0 Å². The highest BCUT2D eigenvalue weighted by molar-refractivity contribution is 5.85. The van der Waals surface area contributed by atoms with Crippen LogP contribution in [0, 0.1) is 6.92 Å². The second-order valence-electron chi connectivity index (χ2n) is 12.1. The summed E-state index contributed by atoms with van der Waals surface area (Å²) < 4.78 is 0. The molecule has 0 aliphatic heterocycles. The van der Waals surface area contributed by atoms with Crippen molar-refractivity contribution in [3.8, 4) is 11.1 Å². The van der Waals surface area contributed by atoms with Crippen LogP contribution < -0.4 is 9.80 Å². The number of benzene rings is 5. The summed E-state index contributed by atoms with van der Waals surface area (Å²) in [5.74, 6) is 0. The van der Waals surface area contributed by atoms with Crippen molar-refractivity contribution in [1.29, 1.82) is 0 Å². The molecule has 0 aromatic heterocycles. The molecule has 238 valence electrons. The van der Waals surface area contributed by atoms with E-state index in [4.69, 9.17) is 0 Å². The summed E-state index contributed by atoms with van der Waals surface area (Å²) in [6.07, 6.45) is 20.4. The van der Waals surface area contributed by atoms with Gasteiger partial charge in [-0.2, -0.15) is 0 Å². The molecule has 0 spiro atoms. The van der Waals surface area contributed by atoms with E-state index < -0.39 is 0 Å². The van der Waals surface area contributed by atoms with E-state index in [1.807, 2.05) is 0 Å². The minimum absolute atomic E-state index is 0.916. The van der Waals surface area contributed by atoms with Crippen LogP contribution in [0.4, 0.5) is 28.4 Å². The Balaban J connectivity index is 1.35. The van der Waals surface area contributed by atoms with Crippen LogP contribution in [-0.4, -0.2) is 0 Å². The van der Waals surface area contributed by atoms with Crippen molar-refractivity contribution in [3.05, 3.63) is 186 Å². The van der Waals surface area contributed by atoms with Crippen molar-refractivity contribution >= 4 is 40.6 Å². The van der Waals surface area contributed by atoms with E-state index in [1.54, 1.807) is 0 Å². The molecule has 0 saturated carbocycles. The summed E-state index contributed by atoms with van der Waals surface area (Å²) in [4.78, 5) is 4.63. The fourth-order valence-corrected chi connectivity index (χ4v) is 6.36. The van der Waals surface area contributed by atoms with Gasteiger partial charge in [-0.3, -0.25) is 0 Å². The molecule has 1 aliphatic rings. The van der Waals surface area contributed by atoms with Crippen molar-refractivity contribution in [2.75, 3.05) is 9.80 Å². The van der Waals surface area contributed by atoms with Gasteiger partial charge in [0.05, 0.1) is 11.4 Å². The zero-order chi connectivity index (χ0) is 33.3. The lowest BCUT2D eigenvalue weighted by atomic mass is 10.0. The Morgan fingerprint density at radius 3 is 2.10 bits per heavy atom. The van der Waals surface area contributed by atoms with Crippen LogP contribution in [0.15, 0.2) is 164 Å². The maximum absolute atomic E-state index is 4.52. The maximum Gasteiger partial charge on any atom is 0.0536 e. The molecule has 0 N–H and O–H groups in total. The zero-order valence-corrected chi connectivity index (χ0v) is 28.3. The highest BCUT2D eigenvalue weighted by Gasteiger charge is 2.19. The number of aryl methyl sites for hydroxylation is 1. The number of nitrogens with zero attached hydrogens (tertiary/aromatic N) is 2. The van der Waals surface area contributed by atoms with Gasteiger partial charge in [-0.15, -0.1) is 0 Å². The Hall–Kier alpha value is -5.60. The van der Waals surface area contributed by atoms with E-state index in [-0.39, 0.29) is 0 Å². The van der Waals surface area contributed by atoms with Gasteiger partial charge in [-0.1, -0.05) is 129 Å². The molecule has 0 heterocycles. The molecule has 6 rings (SSSR count). The SMILES string of the molecule is C=C(/C=C\CCC)N(c1ccc(-c2ccc(N(c3ccccc3)c3cccc(C)c3/C=C\C)cc2)cc1)c1cccc2c1C=CC=CC2. The molecular weight excluding hydrogens is 581 g/mol. The van der Waals surface area contributed by atoms with Gasteiger partial charge in [0.25, 0.3) is 0 Å². The molecule has 0 unspecified atom stereocenters. The van der Waals surface area contributed by atoms with Crippen molar-refractivity contribution < 1.29 is 0 Å². The Kier molecular flexibility index (Phi) is 10.3. The number of hydrogen-bond acceptors (Lipinski definition) is 2. The average molecular weight is 625 g/mol. The molecule has 48 heavy (non-hydrogen) atoms. The van der Waals surface area contributed by atoms with Crippen molar-refractivity contribution in [2.24, 2.45) is 0 Å². The molecule has 2 nitrogen and oxygen atoms in total. The first kappa shape index (κ1) is 32.3. The molecule has 0 fully saturated rings. The Morgan fingerprint density at radius 2 is 1.40 bits per heavy atom. The van der Waals surface area contributed by atoms with Crippen molar-refractivity contribution in [2.45, 2.75) is 40.0 Å². The lowest BCUT2D eigenvalue weighted by Crippen LogP contribution is -2.16. The first-order valence-corrected chi connectivity index (χ1v) is 17.0. The number of rotatable bonds is 11. The first-order chi connectivity index (χ1) is 23.6. The van der Waals surface area contributed by atoms with Gasteiger partial charge in [0.2, 0.25) is 0 Å². The van der Waals surface area contributed by atoms with Gasteiger partial charge in [0.15, 0.2) is 0 Å². The van der Waals surface area contributed by atoms with Crippen LogP contribution in [0.1, 0.15) is 48.9 Å². The normalized spacial score (nSPS) is 12.3. The molecule has 0 atom stereocenters. The number of anilines is 5. The largest absolute Gasteiger partial charge is 0.310 e. The second-order valence-corrected chi connectivity index (χ2v) is 12.1. The Labute approximate surface area is 287 Å². The van der Waals surface area contributed by atoms with Gasteiger partial charge in [-0.25, -0.2) is 0 Å². The van der Waals surface area contributed by atoms with E-state index >= 15 is 0 Å². The highest BCUT2D eigenvalue weighted by atomic mass is 15.2. The summed E-state index contributed by atoms with van der Waals surface area (Å²) >= 11 is 0. The smallest absolute Gasteiger partial charge is 0.0536 e. The predicted octanol–water partition coefficient (Wildman–Crippen LogP) is 13.3. The van der Waals surface area contributed by atoms with Crippen LogP contribution in [0.5, 0.6) is 0 Å². The van der Waals surface area contributed by atoms with Crippen LogP contribution >= 0.6 is 0 Å². The van der Waals surface area contributed by atoms with Gasteiger partial charge in [-0.05, 0) is 104 Å². The number of para-hydroxylation sites is 1. The third kappa shape index (κ3) is 7.04. The molecule has 0 saturated heterocycles. The molecule has 2 heteroatoms. The quantitative estimate of drug-likeness (QED) is 0.135. The summed E-state index contributed by atoms with van der Waals surface area (Å²) in [6.45, 7) is 11.0. The number of unbranched alkanes of at least 4 members (excludes halogenated alkanes) is 1. The van der Waals surface area contributed by atoms with Crippen molar-refractivity contribution in [1.82, 2.24) is 0 Å². The number of fused-ring (bicyclic) bond motifs is 1. The van der Waals surface area contributed by atoms with Gasteiger partial charge >= 0.3 is 0 Å². The van der Waals surface area contributed by atoms with Crippen LogP contribution in [0.3, 0.4) is 0 Å². The lowest BCUT2D eigenvalue weighted by molar-refractivity contribution is 0.956. The minimum atomic E-state index is 0.916. The monoisotopic (exact) mass is 624 g/mol. The first-order valence-electron chi connectivity index (χ1n) is 17.0. The summed E-state index contributed by atoms with van der Waals surface area (Å²) in [5, 5.41) is 0. The fourth-order valence-electron chi connectivity index (χ4n) is 6.36. The van der Waals surface area contributed by atoms with Crippen LogP contribution in [0.25, 0.3) is 23.3 Å². The van der Waals surface area contributed by atoms with Crippen LogP contribution in [0.2, 0.25) is 0 Å². The molecular formula is C46H44N2. The van der Waals surface area contributed by atoms with E-state index in [9.17, 15) is 0 Å². The fraction of sp³-hybridized carbons (Fsp3) is 0.130. The summed E-state index contributed by atoms with van der Waals surface area (Å²) in [5.41, 5.74) is 14.0. The highest BCUT2D eigenvalue weighted by Crippen LogP contribution is 2.40. The standard InChI is InChI=1S/C46H44N2/c1-5-7-10-19-36(4)47(46-26-16-21-39-20-11-8-14-24-44(39)46)41-31-27-37(28-32-41)38-29-33-42(34-30-38)48(40-22-12-9-13-23-40)45-25-15-18-35(3)43(45)17-6-2/h6,8-19,21-34H,4-5,7,20H2,1-3H3/b17-6-,19-10-. The third-order valence-electron chi connectivity index (χ3n) is 8.79. The lowest BCUT2D eigenvalue weighted by Gasteiger charge is -2.28. The Morgan fingerprint density at radius 1 is 0.729 bits per heavy atom.